The van der Waals surface area contributed by atoms with Crippen molar-refractivity contribution in [1.29, 1.82) is 0 Å². The van der Waals surface area contributed by atoms with Crippen LogP contribution in [0.2, 0.25) is 0 Å². The molecule has 0 radical (unpaired) electrons. The summed E-state index contributed by atoms with van der Waals surface area (Å²) in [6.45, 7) is 8.24. The Morgan fingerprint density at radius 2 is 2.17 bits per heavy atom. The number of hydrogen-bond acceptors (Lipinski definition) is 5. The van der Waals surface area contributed by atoms with Crippen molar-refractivity contribution in [2.24, 2.45) is 0 Å². The summed E-state index contributed by atoms with van der Waals surface area (Å²) >= 11 is 0. The number of aromatic nitrogens is 4. The van der Waals surface area contributed by atoms with E-state index >= 15 is 0 Å². The molecular weight excluding hydrogens is 230 g/mol. The molecule has 0 fully saturated rings. The lowest BCUT2D eigenvalue weighted by Gasteiger charge is -2.04. The normalized spacial score (nSPS) is 11.1. The molecule has 2 rings (SSSR count). The Bertz CT molecular complexity index is 502. The van der Waals surface area contributed by atoms with Crippen LogP contribution in [0, 0.1) is 6.92 Å². The molecule has 2 aromatic heterocycles. The van der Waals surface area contributed by atoms with Crippen LogP contribution in [0.25, 0.3) is 0 Å². The predicted octanol–water partition coefficient (Wildman–Crippen LogP) is 1.45. The molecule has 0 unspecified atom stereocenters. The lowest BCUT2D eigenvalue weighted by molar-refractivity contribution is 0.363. The van der Waals surface area contributed by atoms with Crippen LogP contribution in [0.5, 0.6) is 0 Å². The largest absolute Gasteiger partial charge is 0.338 e. The van der Waals surface area contributed by atoms with Crippen molar-refractivity contribution in [1.82, 2.24) is 25.2 Å². The molecule has 6 nitrogen and oxygen atoms in total. The van der Waals surface area contributed by atoms with Gasteiger partial charge in [-0.2, -0.15) is 10.1 Å². The molecule has 0 saturated heterocycles. The lowest BCUT2D eigenvalue weighted by Crippen LogP contribution is -2.16. The van der Waals surface area contributed by atoms with Gasteiger partial charge in [-0.25, -0.2) is 0 Å². The lowest BCUT2D eigenvalue weighted by atomic mass is 10.3. The summed E-state index contributed by atoms with van der Waals surface area (Å²) in [6, 6.07) is 2.13. The minimum absolute atomic E-state index is 0.581. The molecule has 0 saturated carbocycles. The highest BCUT2D eigenvalue weighted by atomic mass is 16.5. The molecule has 0 aliphatic rings. The zero-order valence-electron chi connectivity index (χ0n) is 11.1. The van der Waals surface area contributed by atoms with Crippen molar-refractivity contribution in [3.05, 3.63) is 29.2 Å². The fourth-order valence-electron chi connectivity index (χ4n) is 1.81. The highest BCUT2D eigenvalue weighted by molar-refractivity contribution is 5.10. The summed E-state index contributed by atoms with van der Waals surface area (Å²) in [4.78, 5) is 4.14. The third-order valence-corrected chi connectivity index (χ3v) is 2.73. The van der Waals surface area contributed by atoms with E-state index in [1.54, 1.807) is 0 Å². The van der Waals surface area contributed by atoms with Crippen LogP contribution in [-0.2, 0) is 26.1 Å². The van der Waals surface area contributed by atoms with Gasteiger partial charge in [0.25, 0.3) is 0 Å². The van der Waals surface area contributed by atoms with Crippen LogP contribution >= 0.6 is 0 Å². The Kier molecular flexibility index (Phi) is 4.09. The quantitative estimate of drug-likeness (QED) is 0.839. The van der Waals surface area contributed by atoms with Gasteiger partial charge in [-0.15, -0.1) is 0 Å². The molecule has 0 amide bonds. The standard InChI is InChI=1S/C12H19N5O/c1-4-10-6-11(17(5-2)15-10)7-13-8-12-14-9(3)16-18-12/h6,13H,4-5,7-8H2,1-3H3. The van der Waals surface area contributed by atoms with Gasteiger partial charge in [-0.1, -0.05) is 12.1 Å². The molecule has 18 heavy (non-hydrogen) atoms. The van der Waals surface area contributed by atoms with E-state index in [4.69, 9.17) is 4.52 Å². The Labute approximate surface area is 106 Å². The third-order valence-electron chi connectivity index (χ3n) is 2.73. The molecular formula is C12H19N5O. The van der Waals surface area contributed by atoms with Gasteiger partial charge in [0.1, 0.15) is 0 Å². The van der Waals surface area contributed by atoms with Crippen LogP contribution < -0.4 is 5.32 Å². The van der Waals surface area contributed by atoms with Crippen molar-refractivity contribution in [2.45, 2.75) is 46.8 Å². The third kappa shape index (κ3) is 2.95. The first kappa shape index (κ1) is 12.8. The topological polar surface area (TPSA) is 68.8 Å². The second-order valence-corrected chi connectivity index (χ2v) is 4.14. The van der Waals surface area contributed by atoms with Gasteiger partial charge in [0, 0.05) is 13.1 Å². The molecule has 0 aliphatic heterocycles. The van der Waals surface area contributed by atoms with Crippen LogP contribution in [0.3, 0.4) is 0 Å². The van der Waals surface area contributed by atoms with E-state index in [-0.39, 0.29) is 0 Å². The molecule has 0 aliphatic carbocycles. The maximum Gasteiger partial charge on any atom is 0.240 e. The van der Waals surface area contributed by atoms with Crippen molar-refractivity contribution in [3.63, 3.8) is 0 Å². The maximum absolute atomic E-state index is 5.04. The molecule has 0 aromatic carbocycles. The van der Waals surface area contributed by atoms with Gasteiger partial charge in [-0.05, 0) is 26.3 Å². The second kappa shape index (κ2) is 5.77. The molecule has 0 spiro atoms. The zero-order valence-corrected chi connectivity index (χ0v) is 11.1. The smallest absolute Gasteiger partial charge is 0.240 e. The van der Waals surface area contributed by atoms with Crippen LogP contribution in [0.1, 0.15) is 37.0 Å². The number of rotatable bonds is 6. The average Bonchev–Trinajstić information content (AvgIpc) is 2.95. The first-order chi connectivity index (χ1) is 8.72. The second-order valence-electron chi connectivity index (χ2n) is 4.14. The van der Waals surface area contributed by atoms with Crippen LogP contribution in [0.4, 0.5) is 0 Å². The number of aryl methyl sites for hydroxylation is 3. The fraction of sp³-hybridized carbons (Fsp3) is 0.583. The molecule has 0 atom stereocenters. The Hall–Kier alpha value is -1.69. The van der Waals surface area contributed by atoms with Gasteiger partial charge in [-0.3, -0.25) is 4.68 Å². The summed E-state index contributed by atoms with van der Waals surface area (Å²) in [6.07, 6.45) is 0.961. The van der Waals surface area contributed by atoms with Gasteiger partial charge >= 0.3 is 0 Å². The monoisotopic (exact) mass is 249 g/mol. The average molecular weight is 249 g/mol. The molecule has 2 aromatic rings. The van der Waals surface area contributed by atoms with E-state index in [1.165, 1.54) is 5.69 Å². The fourth-order valence-corrected chi connectivity index (χ4v) is 1.81. The molecule has 1 N–H and O–H groups in total. The number of nitrogens with zero attached hydrogens (tertiary/aromatic N) is 4. The van der Waals surface area contributed by atoms with Crippen molar-refractivity contribution in [3.8, 4) is 0 Å². The zero-order chi connectivity index (χ0) is 13.0. The Morgan fingerprint density at radius 3 is 2.78 bits per heavy atom. The summed E-state index contributed by atoms with van der Waals surface area (Å²) in [5.41, 5.74) is 2.31. The number of hydrogen-bond donors (Lipinski definition) is 1. The van der Waals surface area contributed by atoms with E-state index in [0.717, 1.165) is 25.2 Å². The molecule has 0 bridgehead atoms. The summed E-state index contributed by atoms with van der Waals surface area (Å²) in [7, 11) is 0. The van der Waals surface area contributed by atoms with Crippen molar-refractivity contribution < 1.29 is 4.52 Å². The highest BCUT2D eigenvalue weighted by Crippen LogP contribution is 2.05. The minimum Gasteiger partial charge on any atom is -0.338 e. The van der Waals surface area contributed by atoms with Crippen LogP contribution in [0.15, 0.2) is 10.6 Å². The maximum atomic E-state index is 5.04. The van der Waals surface area contributed by atoms with Gasteiger partial charge in [0.05, 0.1) is 17.9 Å². The summed E-state index contributed by atoms with van der Waals surface area (Å²) < 4.78 is 7.06. The van der Waals surface area contributed by atoms with Crippen LogP contribution in [-0.4, -0.2) is 19.9 Å². The first-order valence-corrected chi connectivity index (χ1v) is 6.28. The van der Waals surface area contributed by atoms with E-state index in [1.807, 2.05) is 11.6 Å². The Balaban J connectivity index is 1.91. The predicted molar refractivity (Wildman–Crippen MR) is 66.9 cm³/mol. The molecule has 2 heterocycles. The van der Waals surface area contributed by atoms with E-state index in [0.29, 0.717) is 18.3 Å². The van der Waals surface area contributed by atoms with E-state index < -0.39 is 0 Å². The molecule has 98 valence electrons. The summed E-state index contributed by atoms with van der Waals surface area (Å²) in [5, 5.41) is 11.5. The van der Waals surface area contributed by atoms with Gasteiger partial charge < -0.3 is 9.84 Å². The summed E-state index contributed by atoms with van der Waals surface area (Å²) in [5.74, 6) is 1.28. The Morgan fingerprint density at radius 1 is 1.33 bits per heavy atom. The SMILES string of the molecule is CCc1cc(CNCc2nc(C)no2)n(CC)n1. The van der Waals surface area contributed by atoms with E-state index in [2.05, 4.69) is 40.5 Å². The first-order valence-electron chi connectivity index (χ1n) is 6.28. The van der Waals surface area contributed by atoms with Crippen molar-refractivity contribution >= 4 is 0 Å². The van der Waals surface area contributed by atoms with E-state index in [9.17, 15) is 0 Å². The van der Waals surface area contributed by atoms with Crippen molar-refractivity contribution in [2.75, 3.05) is 0 Å². The number of nitrogens with one attached hydrogen (secondary N) is 1. The highest BCUT2D eigenvalue weighted by Gasteiger charge is 2.06. The minimum atomic E-state index is 0.581. The van der Waals surface area contributed by atoms with Gasteiger partial charge in [0.2, 0.25) is 5.89 Å². The van der Waals surface area contributed by atoms with Gasteiger partial charge in [0.15, 0.2) is 5.82 Å². The molecule has 6 heteroatoms.